The topological polar surface area (TPSA) is 61.7 Å². The van der Waals surface area contributed by atoms with Crippen molar-refractivity contribution in [3.8, 4) is 0 Å². The van der Waals surface area contributed by atoms with Crippen molar-refractivity contribution in [1.82, 2.24) is 0 Å². The van der Waals surface area contributed by atoms with Gasteiger partial charge in [-0.05, 0) is 52.7 Å². The molecule has 0 atom stereocenters. The summed E-state index contributed by atoms with van der Waals surface area (Å²) in [5.74, 6) is -0.908. The SMILES string of the molecule is C/C(=N/O)c1ccc(NC(=O)c2cccc(F)c2Br)cc1. The van der Waals surface area contributed by atoms with Crippen molar-refractivity contribution >= 4 is 33.2 Å². The minimum Gasteiger partial charge on any atom is -0.411 e. The summed E-state index contributed by atoms with van der Waals surface area (Å²) in [6.07, 6.45) is 0. The van der Waals surface area contributed by atoms with Crippen molar-refractivity contribution in [2.24, 2.45) is 5.16 Å². The average molecular weight is 351 g/mol. The lowest BCUT2D eigenvalue weighted by Crippen LogP contribution is -2.13. The summed E-state index contributed by atoms with van der Waals surface area (Å²) < 4.78 is 13.5. The van der Waals surface area contributed by atoms with Gasteiger partial charge in [-0.25, -0.2) is 4.39 Å². The number of carbonyl (C=O) groups excluding carboxylic acids is 1. The molecule has 108 valence electrons. The van der Waals surface area contributed by atoms with E-state index in [0.29, 0.717) is 11.4 Å². The van der Waals surface area contributed by atoms with Crippen LogP contribution in [0.1, 0.15) is 22.8 Å². The van der Waals surface area contributed by atoms with Gasteiger partial charge in [-0.1, -0.05) is 23.4 Å². The smallest absolute Gasteiger partial charge is 0.256 e. The molecule has 0 aromatic heterocycles. The second kappa shape index (κ2) is 6.49. The van der Waals surface area contributed by atoms with Crippen LogP contribution in [-0.2, 0) is 0 Å². The van der Waals surface area contributed by atoms with Gasteiger partial charge in [0.15, 0.2) is 0 Å². The van der Waals surface area contributed by atoms with Gasteiger partial charge in [0.2, 0.25) is 0 Å². The van der Waals surface area contributed by atoms with Gasteiger partial charge in [0.05, 0.1) is 15.7 Å². The highest BCUT2D eigenvalue weighted by Crippen LogP contribution is 2.21. The Kier molecular flexibility index (Phi) is 4.70. The molecule has 2 aromatic rings. The quantitative estimate of drug-likeness (QED) is 0.498. The first-order valence-corrected chi connectivity index (χ1v) is 6.86. The molecule has 0 unspecified atom stereocenters. The number of benzene rings is 2. The molecular weight excluding hydrogens is 339 g/mol. The lowest BCUT2D eigenvalue weighted by Gasteiger charge is -2.08. The summed E-state index contributed by atoms with van der Waals surface area (Å²) in [5.41, 5.74) is 1.99. The molecule has 6 heteroatoms. The van der Waals surface area contributed by atoms with E-state index in [0.717, 1.165) is 5.56 Å². The van der Waals surface area contributed by atoms with Gasteiger partial charge in [-0.3, -0.25) is 4.79 Å². The monoisotopic (exact) mass is 350 g/mol. The number of nitrogens with one attached hydrogen (secondary N) is 1. The highest BCUT2D eigenvalue weighted by Gasteiger charge is 2.13. The molecule has 0 aliphatic heterocycles. The normalized spacial score (nSPS) is 11.3. The molecule has 2 aromatic carbocycles. The van der Waals surface area contributed by atoms with E-state index in [1.54, 1.807) is 31.2 Å². The Morgan fingerprint density at radius 1 is 1.24 bits per heavy atom. The molecule has 0 heterocycles. The first-order chi connectivity index (χ1) is 10.0. The molecule has 2 rings (SSSR count). The van der Waals surface area contributed by atoms with Gasteiger partial charge in [0.25, 0.3) is 5.91 Å². The van der Waals surface area contributed by atoms with Crippen LogP contribution in [0.15, 0.2) is 52.1 Å². The van der Waals surface area contributed by atoms with Crippen molar-refractivity contribution in [2.45, 2.75) is 6.92 Å². The summed E-state index contributed by atoms with van der Waals surface area (Å²) in [7, 11) is 0. The number of hydrogen-bond acceptors (Lipinski definition) is 3. The summed E-state index contributed by atoms with van der Waals surface area (Å²) in [4.78, 5) is 12.1. The molecule has 4 nitrogen and oxygen atoms in total. The number of amides is 1. The fourth-order valence-corrected chi connectivity index (χ4v) is 2.17. The van der Waals surface area contributed by atoms with Gasteiger partial charge in [0.1, 0.15) is 5.82 Å². The molecular formula is C15H12BrFN2O2. The zero-order valence-electron chi connectivity index (χ0n) is 11.1. The lowest BCUT2D eigenvalue weighted by molar-refractivity contribution is 0.102. The first-order valence-electron chi connectivity index (χ1n) is 6.07. The van der Waals surface area contributed by atoms with Gasteiger partial charge < -0.3 is 10.5 Å². The molecule has 0 spiro atoms. The summed E-state index contributed by atoms with van der Waals surface area (Å²) >= 11 is 3.05. The van der Waals surface area contributed by atoms with E-state index in [-0.39, 0.29) is 10.0 Å². The maximum absolute atomic E-state index is 13.4. The molecule has 0 saturated carbocycles. The van der Waals surface area contributed by atoms with E-state index < -0.39 is 11.7 Å². The van der Waals surface area contributed by atoms with Crippen molar-refractivity contribution < 1.29 is 14.4 Å². The van der Waals surface area contributed by atoms with Crippen LogP contribution in [0.3, 0.4) is 0 Å². The van der Waals surface area contributed by atoms with Gasteiger partial charge in [-0.2, -0.15) is 0 Å². The second-order valence-electron chi connectivity index (χ2n) is 4.32. The number of anilines is 1. The van der Waals surface area contributed by atoms with Crippen LogP contribution in [0.4, 0.5) is 10.1 Å². The molecule has 0 saturated heterocycles. The fourth-order valence-electron chi connectivity index (χ4n) is 1.73. The number of hydrogen-bond donors (Lipinski definition) is 2. The average Bonchev–Trinajstić information content (AvgIpc) is 2.50. The predicted octanol–water partition coefficient (Wildman–Crippen LogP) is 4.04. The Morgan fingerprint density at radius 3 is 2.52 bits per heavy atom. The van der Waals surface area contributed by atoms with Crippen molar-refractivity contribution in [1.29, 1.82) is 0 Å². The Bertz CT molecular complexity index is 699. The minimum absolute atomic E-state index is 0.127. The minimum atomic E-state index is -0.493. The van der Waals surface area contributed by atoms with Crippen LogP contribution in [0, 0.1) is 5.82 Å². The van der Waals surface area contributed by atoms with Gasteiger partial charge >= 0.3 is 0 Å². The fraction of sp³-hybridized carbons (Fsp3) is 0.0667. The van der Waals surface area contributed by atoms with Crippen molar-refractivity contribution in [3.63, 3.8) is 0 Å². The van der Waals surface area contributed by atoms with E-state index in [2.05, 4.69) is 26.4 Å². The van der Waals surface area contributed by atoms with Crippen LogP contribution in [0.2, 0.25) is 0 Å². The maximum Gasteiger partial charge on any atom is 0.256 e. The number of carbonyl (C=O) groups is 1. The lowest BCUT2D eigenvalue weighted by atomic mass is 10.1. The third-order valence-electron chi connectivity index (χ3n) is 2.91. The molecule has 1 amide bonds. The van der Waals surface area contributed by atoms with E-state index in [9.17, 15) is 9.18 Å². The van der Waals surface area contributed by atoms with E-state index in [1.165, 1.54) is 18.2 Å². The molecule has 0 aliphatic carbocycles. The van der Waals surface area contributed by atoms with Gasteiger partial charge in [-0.15, -0.1) is 0 Å². The highest BCUT2D eigenvalue weighted by molar-refractivity contribution is 9.10. The van der Waals surface area contributed by atoms with Crippen LogP contribution < -0.4 is 5.32 Å². The highest BCUT2D eigenvalue weighted by atomic mass is 79.9. The molecule has 21 heavy (non-hydrogen) atoms. The third-order valence-corrected chi connectivity index (χ3v) is 3.71. The van der Waals surface area contributed by atoms with Crippen LogP contribution in [-0.4, -0.2) is 16.8 Å². The molecule has 2 N–H and O–H groups in total. The Hall–Kier alpha value is -2.21. The summed E-state index contributed by atoms with van der Waals surface area (Å²) in [6, 6.07) is 11.0. The van der Waals surface area contributed by atoms with E-state index >= 15 is 0 Å². The second-order valence-corrected chi connectivity index (χ2v) is 5.11. The summed E-state index contributed by atoms with van der Waals surface area (Å²) in [5, 5.41) is 14.5. The van der Waals surface area contributed by atoms with Crippen LogP contribution >= 0.6 is 15.9 Å². The predicted molar refractivity (Wildman–Crippen MR) is 82.5 cm³/mol. The number of rotatable bonds is 3. The van der Waals surface area contributed by atoms with E-state index in [1.807, 2.05) is 0 Å². The Balaban J connectivity index is 2.18. The van der Waals surface area contributed by atoms with Crippen molar-refractivity contribution in [3.05, 3.63) is 63.9 Å². The summed E-state index contributed by atoms with van der Waals surface area (Å²) in [6.45, 7) is 1.66. The molecule has 0 fully saturated rings. The van der Waals surface area contributed by atoms with E-state index in [4.69, 9.17) is 5.21 Å². The van der Waals surface area contributed by atoms with Crippen LogP contribution in [0.25, 0.3) is 0 Å². The Labute approximate surface area is 129 Å². The zero-order valence-corrected chi connectivity index (χ0v) is 12.7. The third kappa shape index (κ3) is 3.46. The zero-order chi connectivity index (χ0) is 15.4. The standard InChI is InChI=1S/C15H12BrFN2O2/c1-9(19-21)10-5-7-11(8-6-10)18-15(20)12-3-2-4-13(17)14(12)16/h2-8,21H,1H3,(H,18,20)/b19-9-. The van der Waals surface area contributed by atoms with Crippen molar-refractivity contribution in [2.75, 3.05) is 5.32 Å². The largest absolute Gasteiger partial charge is 0.411 e. The molecule has 0 aliphatic rings. The number of nitrogens with zero attached hydrogens (tertiary/aromatic N) is 1. The Morgan fingerprint density at radius 2 is 1.90 bits per heavy atom. The number of halogens is 2. The molecule has 0 bridgehead atoms. The van der Waals surface area contributed by atoms with Crippen LogP contribution in [0.5, 0.6) is 0 Å². The number of oxime groups is 1. The maximum atomic E-state index is 13.4. The van der Waals surface area contributed by atoms with Gasteiger partial charge in [0, 0.05) is 5.69 Å². The first kappa shape index (κ1) is 15.2. The molecule has 0 radical (unpaired) electrons.